The second-order valence-electron chi connectivity index (χ2n) is 7.95. The Balaban J connectivity index is 3.35. The van der Waals surface area contributed by atoms with Gasteiger partial charge in [0, 0.05) is 19.3 Å². The molecule has 0 amide bonds. The van der Waals surface area contributed by atoms with E-state index in [2.05, 4.69) is 19.1 Å². The lowest BCUT2D eigenvalue weighted by Crippen LogP contribution is -2.20. The highest BCUT2D eigenvalue weighted by atomic mass is 16.6. The molecule has 0 saturated heterocycles. The van der Waals surface area contributed by atoms with Crippen LogP contribution in [0.4, 0.5) is 0 Å². The van der Waals surface area contributed by atoms with Gasteiger partial charge in [0.25, 0.3) is 0 Å². The first-order valence-corrected chi connectivity index (χ1v) is 12.0. The van der Waals surface area contributed by atoms with E-state index in [0.717, 1.165) is 25.7 Å². The number of carbonyl (C=O) groups is 1. The Hall–Kier alpha value is -0.950. The molecular formula is C24H46O6. The minimum atomic E-state index is -1.39. The molecule has 3 N–H and O–H groups in total. The number of carbonyl (C=O) groups excluding carboxylic acids is 1. The molecule has 6 heteroatoms. The molecule has 6 nitrogen and oxygen atoms in total. The van der Waals surface area contributed by atoms with Gasteiger partial charge in [-0.05, 0) is 32.1 Å². The number of aliphatic hydroxyl groups is 3. The fourth-order valence-corrected chi connectivity index (χ4v) is 3.08. The highest BCUT2D eigenvalue weighted by Gasteiger charge is 2.10. The predicted molar refractivity (Wildman–Crippen MR) is 120 cm³/mol. The summed E-state index contributed by atoms with van der Waals surface area (Å²) in [7, 11) is 0. The van der Waals surface area contributed by atoms with Crippen LogP contribution in [0.3, 0.4) is 0 Å². The third-order valence-corrected chi connectivity index (χ3v) is 4.94. The Kier molecular flexibility index (Phi) is 22.0. The molecule has 0 bridgehead atoms. The Labute approximate surface area is 183 Å². The summed E-state index contributed by atoms with van der Waals surface area (Å²) in [5.74, 6) is -0.383. The number of hydrogen-bond acceptors (Lipinski definition) is 6. The summed E-state index contributed by atoms with van der Waals surface area (Å²) in [4.78, 5) is 11.7. The van der Waals surface area contributed by atoms with Crippen molar-refractivity contribution in [3.63, 3.8) is 0 Å². The summed E-state index contributed by atoms with van der Waals surface area (Å²) in [5.41, 5.74) is 0. The molecule has 0 aliphatic heterocycles. The van der Waals surface area contributed by atoms with E-state index < -0.39 is 12.6 Å². The molecule has 0 spiro atoms. The third kappa shape index (κ3) is 23.3. The van der Waals surface area contributed by atoms with Crippen LogP contribution < -0.4 is 0 Å². The summed E-state index contributed by atoms with van der Waals surface area (Å²) >= 11 is 0. The minimum absolute atomic E-state index is 0.116. The van der Waals surface area contributed by atoms with Crippen LogP contribution in [-0.2, 0) is 14.3 Å². The van der Waals surface area contributed by atoms with Gasteiger partial charge in [-0.3, -0.25) is 4.79 Å². The van der Waals surface area contributed by atoms with Crippen molar-refractivity contribution in [2.24, 2.45) is 0 Å². The van der Waals surface area contributed by atoms with Gasteiger partial charge in [0.2, 0.25) is 6.29 Å². The molecule has 0 saturated carbocycles. The van der Waals surface area contributed by atoms with Crippen molar-refractivity contribution < 1.29 is 29.6 Å². The van der Waals surface area contributed by atoms with Gasteiger partial charge in [-0.15, -0.1) is 0 Å². The maximum atomic E-state index is 11.7. The molecule has 1 unspecified atom stereocenters. The number of rotatable bonds is 22. The zero-order chi connectivity index (χ0) is 22.3. The van der Waals surface area contributed by atoms with Crippen LogP contribution in [0.25, 0.3) is 0 Å². The quantitative estimate of drug-likeness (QED) is 0.0969. The lowest BCUT2D eigenvalue weighted by atomic mass is 10.1. The van der Waals surface area contributed by atoms with Crippen molar-refractivity contribution in [1.82, 2.24) is 0 Å². The number of allylic oxidation sites excluding steroid dienone is 2. The Morgan fingerprint density at radius 1 is 0.767 bits per heavy atom. The van der Waals surface area contributed by atoms with E-state index in [1.807, 2.05) is 0 Å². The topological polar surface area (TPSA) is 96.2 Å². The average molecular weight is 431 g/mol. The van der Waals surface area contributed by atoms with Crippen LogP contribution in [0, 0.1) is 0 Å². The number of ether oxygens (including phenoxy) is 2. The van der Waals surface area contributed by atoms with Gasteiger partial charge in [-0.2, -0.15) is 0 Å². The third-order valence-electron chi connectivity index (χ3n) is 4.94. The van der Waals surface area contributed by atoms with Crippen molar-refractivity contribution in [1.29, 1.82) is 0 Å². The summed E-state index contributed by atoms with van der Waals surface area (Å²) in [6.07, 6.45) is 18.4. The lowest BCUT2D eigenvalue weighted by molar-refractivity contribution is -0.170. The number of hydrogen-bond donors (Lipinski definition) is 3. The molecule has 0 rings (SSSR count). The fraction of sp³-hybridized carbons (Fsp3) is 0.875. The molecular weight excluding hydrogens is 384 g/mol. The van der Waals surface area contributed by atoms with Gasteiger partial charge >= 0.3 is 5.97 Å². The van der Waals surface area contributed by atoms with Crippen LogP contribution in [0.2, 0.25) is 0 Å². The molecule has 1 atom stereocenters. The van der Waals surface area contributed by atoms with Gasteiger partial charge < -0.3 is 24.8 Å². The van der Waals surface area contributed by atoms with Gasteiger partial charge in [0.15, 0.2) is 6.29 Å². The first kappa shape index (κ1) is 29.1. The summed E-state index contributed by atoms with van der Waals surface area (Å²) < 4.78 is 10.0. The minimum Gasteiger partial charge on any atom is -0.436 e. The highest BCUT2D eigenvalue weighted by Crippen LogP contribution is 2.10. The normalized spacial score (nSPS) is 12.7. The Bertz CT molecular complexity index is 397. The van der Waals surface area contributed by atoms with E-state index in [-0.39, 0.29) is 32.0 Å². The second-order valence-corrected chi connectivity index (χ2v) is 7.95. The van der Waals surface area contributed by atoms with Crippen molar-refractivity contribution >= 4 is 5.97 Å². The average Bonchev–Trinajstić information content (AvgIpc) is 2.70. The molecule has 0 heterocycles. The van der Waals surface area contributed by atoms with E-state index in [1.54, 1.807) is 0 Å². The van der Waals surface area contributed by atoms with Gasteiger partial charge in [-0.1, -0.05) is 70.4 Å². The van der Waals surface area contributed by atoms with E-state index >= 15 is 0 Å². The SMILES string of the molecule is CCCCCCCC/C=C/CCCCCCCC(=O)OC(O)CCOCCC(O)O. The molecule has 0 fully saturated rings. The molecule has 30 heavy (non-hydrogen) atoms. The van der Waals surface area contributed by atoms with Crippen LogP contribution in [0.15, 0.2) is 12.2 Å². The standard InChI is InChI=1S/C24H46O6/c1-2-3-4-5-6-7-8-9-10-11-12-13-14-15-16-17-23(27)30-24(28)19-21-29-20-18-22(25)26/h9-10,22,24-26,28H,2-8,11-21H2,1H3/b10-9+. The van der Waals surface area contributed by atoms with E-state index in [4.69, 9.17) is 19.7 Å². The molecule has 0 aromatic carbocycles. The van der Waals surface area contributed by atoms with Crippen LogP contribution in [-0.4, -0.2) is 47.1 Å². The maximum absolute atomic E-state index is 11.7. The highest BCUT2D eigenvalue weighted by molar-refractivity contribution is 5.69. The van der Waals surface area contributed by atoms with Crippen LogP contribution in [0.1, 0.15) is 110 Å². The van der Waals surface area contributed by atoms with Gasteiger partial charge in [-0.25, -0.2) is 0 Å². The largest absolute Gasteiger partial charge is 0.436 e. The molecule has 178 valence electrons. The summed E-state index contributed by atoms with van der Waals surface area (Å²) in [6, 6.07) is 0. The first-order chi connectivity index (χ1) is 14.6. The monoisotopic (exact) mass is 430 g/mol. The van der Waals surface area contributed by atoms with E-state index in [1.165, 1.54) is 57.8 Å². The number of esters is 1. The lowest BCUT2D eigenvalue weighted by Gasteiger charge is -2.12. The summed E-state index contributed by atoms with van der Waals surface area (Å²) in [6.45, 7) is 2.64. The molecule has 0 aliphatic rings. The summed E-state index contributed by atoms with van der Waals surface area (Å²) in [5, 5.41) is 27.0. The second kappa shape index (κ2) is 22.7. The molecule has 0 aromatic heterocycles. The van der Waals surface area contributed by atoms with Crippen molar-refractivity contribution in [2.75, 3.05) is 13.2 Å². The van der Waals surface area contributed by atoms with E-state index in [0.29, 0.717) is 6.42 Å². The van der Waals surface area contributed by atoms with Crippen LogP contribution in [0.5, 0.6) is 0 Å². The molecule has 0 aliphatic carbocycles. The molecule has 0 radical (unpaired) electrons. The predicted octanol–water partition coefficient (Wildman–Crippen LogP) is 4.99. The molecule has 0 aromatic rings. The van der Waals surface area contributed by atoms with Crippen molar-refractivity contribution in [2.45, 2.75) is 122 Å². The first-order valence-electron chi connectivity index (χ1n) is 12.0. The van der Waals surface area contributed by atoms with Crippen LogP contribution >= 0.6 is 0 Å². The number of aliphatic hydroxyl groups excluding tert-OH is 2. The maximum Gasteiger partial charge on any atom is 0.308 e. The van der Waals surface area contributed by atoms with E-state index in [9.17, 15) is 9.90 Å². The van der Waals surface area contributed by atoms with Gasteiger partial charge in [0.1, 0.15) is 0 Å². The van der Waals surface area contributed by atoms with Crippen molar-refractivity contribution in [3.8, 4) is 0 Å². The zero-order valence-corrected chi connectivity index (χ0v) is 19.1. The van der Waals surface area contributed by atoms with Gasteiger partial charge in [0.05, 0.1) is 13.2 Å². The zero-order valence-electron chi connectivity index (χ0n) is 19.1. The fourth-order valence-electron chi connectivity index (χ4n) is 3.08. The Morgan fingerprint density at radius 2 is 1.30 bits per heavy atom. The number of unbranched alkanes of at least 4 members (excludes halogenated alkanes) is 11. The Morgan fingerprint density at radius 3 is 1.90 bits per heavy atom. The smallest absolute Gasteiger partial charge is 0.308 e. The van der Waals surface area contributed by atoms with Crippen molar-refractivity contribution in [3.05, 3.63) is 12.2 Å².